The number of aliphatic hydroxyl groups is 1. The summed E-state index contributed by atoms with van der Waals surface area (Å²) in [4.78, 5) is 0. The van der Waals surface area contributed by atoms with E-state index in [1.54, 1.807) is 0 Å². The molecule has 0 unspecified atom stereocenters. The second-order valence-corrected chi connectivity index (χ2v) is 4.00. The van der Waals surface area contributed by atoms with Crippen molar-refractivity contribution in [1.82, 2.24) is 0 Å². The summed E-state index contributed by atoms with van der Waals surface area (Å²) >= 11 is 0. The van der Waals surface area contributed by atoms with Crippen molar-refractivity contribution in [2.24, 2.45) is 5.73 Å². The maximum absolute atomic E-state index is 8.81. The zero-order valence-corrected chi connectivity index (χ0v) is 8.37. The van der Waals surface area contributed by atoms with Gasteiger partial charge >= 0.3 is 0 Å². The van der Waals surface area contributed by atoms with Crippen molar-refractivity contribution in [3.05, 3.63) is 34.9 Å². The highest BCUT2D eigenvalue weighted by atomic mass is 16.3. The number of hydrogen-bond acceptors (Lipinski definition) is 2. The van der Waals surface area contributed by atoms with E-state index in [1.807, 2.05) is 0 Å². The standard InChI is InChI=1S/C12H17NO/c13-12(6-7-14)11-5-4-9-2-1-3-10(9)8-11/h4-5,8,12,14H,1-3,6-7,13H2/t12-/m0/s1. The van der Waals surface area contributed by atoms with Gasteiger partial charge in [-0.1, -0.05) is 18.2 Å². The summed E-state index contributed by atoms with van der Waals surface area (Å²) < 4.78 is 0. The molecular formula is C12H17NO. The molecule has 0 amide bonds. The van der Waals surface area contributed by atoms with E-state index < -0.39 is 0 Å². The molecule has 2 heteroatoms. The molecule has 14 heavy (non-hydrogen) atoms. The molecule has 1 atom stereocenters. The lowest BCUT2D eigenvalue weighted by atomic mass is 10.00. The van der Waals surface area contributed by atoms with E-state index >= 15 is 0 Å². The summed E-state index contributed by atoms with van der Waals surface area (Å²) in [5, 5.41) is 8.81. The van der Waals surface area contributed by atoms with E-state index in [0.717, 1.165) is 0 Å². The summed E-state index contributed by atoms with van der Waals surface area (Å²) in [7, 11) is 0. The molecule has 0 aliphatic heterocycles. The topological polar surface area (TPSA) is 46.2 Å². The van der Waals surface area contributed by atoms with E-state index in [-0.39, 0.29) is 12.6 Å². The van der Waals surface area contributed by atoms with Gasteiger partial charge in [0.2, 0.25) is 0 Å². The van der Waals surface area contributed by atoms with Crippen LogP contribution < -0.4 is 5.73 Å². The van der Waals surface area contributed by atoms with Gasteiger partial charge < -0.3 is 10.8 Å². The van der Waals surface area contributed by atoms with Crippen molar-refractivity contribution >= 4 is 0 Å². The molecule has 1 aliphatic carbocycles. The Bertz CT molecular complexity index is 322. The first-order chi connectivity index (χ1) is 6.81. The molecule has 0 saturated heterocycles. The SMILES string of the molecule is N[C@@H](CCO)c1ccc2c(c1)CCC2. The van der Waals surface area contributed by atoms with Crippen molar-refractivity contribution in [2.75, 3.05) is 6.61 Å². The van der Waals surface area contributed by atoms with Crippen molar-refractivity contribution in [2.45, 2.75) is 31.7 Å². The monoisotopic (exact) mass is 191 g/mol. The van der Waals surface area contributed by atoms with Gasteiger partial charge in [-0.3, -0.25) is 0 Å². The van der Waals surface area contributed by atoms with Crippen molar-refractivity contribution in [1.29, 1.82) is 0 Å². The molecule has 0 fully saturated rings. The predicted molar refractivity (Wildman–Crippen MR) is 57.1 cm³/mol. The van der Waals surface area contributed by atoms with Crippen LogP contribution >= 0.6 is 0 Å². The second-order valence-electron chi connectivity index (χ2n) is 4.00. The number of hydrogen-bond donors (Lipinski definition) is 2. The number of aryl methyl sites for hydroxylation is 2. The van der Waals surface area contributed by atoms with Crippen LogP contribution in [0.2, 0.25) is 0 Å². The van der Waals surface area contributed by atoms with Gasteiger partial charge in [-0.15, -0.1) is 0 Å². The highest BCUT2D eigenvalue weighted by Crippen LogP contribution is 2.25. The quantitative estimate of drug-likeness (QED) is 0.761. The fraction of sp³-hybridized carbons (Fsp3) is 0.500. The third-order valence-corrected chi connectivity index (χ3v) is 2.99. The average Bonchev–Trinajstić information content (AvgIpc) is 2.64. The Hall–Kier alpha value is -0.860. The Morgan fingerprint density at radius 2 is 2.07 bits per heavy atom. The third kappa shape index (κ3) is 1.81. The molecule has 0 aromatic heterocycles. The summed E-state index contributed by atoms with van der Waals surface area (Å²) in [6, 6.07) is 6.49. The molecule has 0 saturated carbocycles. The van der Waals surface area contributed by atoms with Crippen LogP contribution in [0.25, 0.3) is 0 Å². The molecular weight excluding hydrogens is 174 g/mol. The highest BCUT2D eigenvalue weighted by molar-refractivity contribution is 5.36. The summed E-state index contributed by atoms with van der Waals surface area (Å²) in [5.41, 5.74) is 10.0. The molecule has 1 aromatic carbocycles. The van der Waals surface area contributed by atoms with Crippen LogP contribution in [0.15, 0.2) is 18.2 Å². The molecule has 0 spiro atoms. The van der Waals surface area contributed by atoms with Gasteiger partial charge in [-0.25, -0.2) is 0 Å². The molecule has 0 radical (unpaired) electrons. The van der Waals surface area contributed by atoms with Crippen LogP contribution in [0.4, 0.5) is 0 Å². The largest absolute Gasteiger partial charge is 0.396 e. The molecule has 2 nitrogen and oxygen atoms in total. The van der Waals surface area contributed by atoms with E-state index in [1.165, 1.54) is 36.0 Å². The lowest BCUT2D eigenvalue weighted by Crippen LogP contribution is -2.12. The maximum atomic E-state index is 8.81. The zero-order valence-electron chi connectivity index (χ0n) is 8.37. The Balaban J connectivity index is 2.19. The Labute approximate surface area is 84.7 Å². The summed E-state index contributed by atoms with van der Waals surface area (Å²) in [6.07, 6.45) is 4.33. The van der Waals surface area contributed by atoms with E-state index in [0.29, 0.717) is 6.42 Å². The number of rotatable bonds is 3. The normalized spacial score (nSPS) is 16.7. The van der Waals surface area contributed by atoms with Gasteiger partial charge in [-0.05, 0) is 42.4 Å². The first kappa shape index (κ1) is 9.69. The van der Waals surface area contributed by atoms with Crippen molar-refractivity contribution in [3.63, 3.8) is 0 Å². The van der Waals surface area contributed by atoms with E-state index in [4.69, 9.17) is 10.8 Å². The minimum absolute atomic E-state index is 0.00843. The molecule has 1 aromatic rings. The first-order valence-electron chi connectivity index (χ1n) is 5.29. The maximum Gasteiger partial charge on any atom is 0.0449 e. The molecule has 0 bridgehead atoms. The average molecular weight is 191 g/mol. The van der Waals surface area contributed by atoms with Crippen LogP contribution in [-0.4, -0.2) is 11.7 Å². The number of fused-ring (bicyclic) bond motifs is 1. The van der Waals surface area contributed by atoms with Gasteiger partial charge in [0.05, 0.1) is 0 Å². The Morgan fingerprint density at radius 3 is 2.86 bits per heavy atom. The Morgan fingerprint density at radius 1 is 1.29 bits per heavy atom. The molecule has 1 aliphatic rings. The lowest BCUT2D eigenvalue weighted by Gasteiger charge is -2.11. The predicted octanol–water partition coefficient (Wildman–Crippen LogP) is 1.56. The van der Waals surface area contributed by atoms with Gasteiger partial charge in [0.25, 0.3) is 0 Å². The summed E-state index contributed by atoms with van der Waals surface area (Å²) in [5.74, 6) is 0. The lowest BCUT2D eigenvalue weighted by molar-refractivity contribution is 0.276. The van der Waals surface area contributed by atoms with E-state index in [2.05, 4.69) is 18.2 Å². The highest BCUT2D eigenvalue weighted by Gasteiger charge is 2.13. The minimum atomic E-state index is -0.00843. The number of benzene rings is 1. The molecule has 0 heterocycles. The van der Waals surface area contributed by atoms with E-state index in [9.17, 15) is 0 Å². The fourth-order valence-corrected chi connectivity index (χ4v) is 2.13. The first-order valence-corrected chi connectivity index (χ1v) is 5.29. The van der Waals surface area contributed by atoms with Gasteiger partial charge in [0.1, 0.15) is 0 Å². The van der Waals surface area contributed by atoms with Crippen LogP contribution in [-0.2, 0) is 12.8 Å². The fourth-order valence-electron chi connectivity index (χ4n) is 2.13. The Kier molecular flexibility index (Phi) is 2.85. The number of aliphatic hydroxyl groups excluding tert-OH is 1. The molecule has 2 rings (SSSR count). The van der Waals surface area contributed by atoms with Gasteiger partial charge in [-0.2, -0.15) is 0 Å². The van der Waals surface area contributed by atoms with Crippen LogP contribution in [0, 0.1) is 0 Å². The zero-order chi connectivity index (χ0) is 9.97. The number of nitrogens with two attached hydrogens (primary N) is 1. The summed E-state index contributed by atoms with van der Waals surface area (Å²) in [6.45, 7) is 0.165. The van der Waals surface area contributed by atoms with Gasteiger partial charge in [0.15, 0.2) is 0 Å². The molecule has 76 valence electrons. The molecule has 3 N–H and O–H groups in total. The minimum Gasteiger partial charge on any atom is -0.396 e. The smallest absolute Gasteiger partial charge is 0.0449 e. The van der Waals surface area contributed by atoms with Crippen molar-refractivity contribution < 1.29 is 5.11 Å². The van der Waals surface area contributed by atoms with Crippen LogP contribution in [0.3, 0.4) is 0 Å². The van der Waals surface area contributed by atoms with Gasteiger partial charge in [0, 0.05) is 12.6 Å². The van der Waals surface area contributed by atoms with Crippen molar-refractivity contribution in [3.8, 4) is 0 Å². The third-order valence-electron chi connectivity index (χ3n) is 2.99. The van der Waals surface area contributed by atoms with Crippen LogP contribution in [0.1, 0.15) is 35.6 Å². The second kappa shape index (κ2) is 4.11. The van der Waals surface area contributed by atoms with Crippen LogP contribution in [0.5, 0.6) is 0 Å².